The molecule has 0 bridgehead atoms. The second-order valence-corrected chi connectivity index (χ2v) is 4.28. The summed E-state index contributed by atoms with van der Waals surface area (Å²) in [6.07, 6.45) is 5.11. The van der Waals surface area contributed by atoms with E-state index in [4.69, 9.17) is 4.42 Å². The van der Waals surface area contributed by atoms with Gasteiger partial charge in [0, 0.05) is 0 Å². The zero-order valence-corrected chi connectivity index (χ0v) is 9.15. The molecule has 1 aromatic heterocycles. The predicted octanol–water partition coefficient (Wildman–Crippen LogP) is 2.01. The first-order chi connectivity index (χ1) is 7.70. The molecule has 1 atom stereocenters. The smallest absolute Gasteiger partial charge is 0.172 e. The number of furan rings is 1. The maximum Gasteiger partial charge on any atom is 0.172 e. The lowest BCUT2D eigenvalue weighted by Gasteiger charge is -2.26. The monoisotopic (exact) mass is 220 g/mol. The van der Waals surface area contributed by atoms with E-state index < -0.39 is 11.7 Å². The molecule has 0 aromatic carbocycles. The normalized spacial score (nSPS) is 20.9. The standard InChI is InChI=1S/C13H16O3/c14-11(12-5-4-10-16-12)6-9-13(15)7-2-1-3-8-13/h4-5,10-11,14-15H,1-3,7-8H2. The molecule has 0 radical (unpaired) electrons. The fourth-order valence-electron chi connectivity index (χ4n) is 1.98. The van der Waals surface area contributed by atoms with Gasteiger partial charge in [-0.1, -0.05) is 18.3 Å². The Hall–Kier alpha value is -1.24. The van der Waals surface area contributed by atoms with Crippen molar-refractivity contribution in [2.45, 2.75) is 43.8 Å². The van der Waals surface area contributed by atoms with Gasteiger partial charge in [0.2, 0.25) is 0 Å². The zero-order chi connectivity index (χ0) is 11.4. The van der Waals surface area contributed by atoms with Crippen molar-refractivity contribution < 1.29 is 14.6 Å². The zero-order valence-electron chi connectivity index (χ0n) is 9.15. The van der Waals surface area contributed by atoms with Gasteiger partial charge in [-0.2, -0.15) is 0 Å². The van der Waals surface area contributed by atoms with Crippen LogP contribution in [0.3, 0.4) is 0 Å². The molecule has 0 spiro atoms. The molecule has 1 aliphatic rings. The van der Waals surface area contributed by atoms with Crippen LogP contribution in [-0.2, 0) is 0 Å². The van der Waals surface area contributed by atoms with Gasteiger partial charge in [-0.15, -0.1) is 0 Å². The maximum absolute atomic E-state index is 10.1. The number of aliphatic hydroxyl groups is 2. The largest absolute Gasteiger partial charge is 0.466 e. The second kappa shape index (κ2) is 4.73. The minimum atomic E-state index is -0.944. The van der Waals surface area contributed by atoms with Crippen LogP contribution in [0.2, 0.25) is 0 Å². The van der Waals surface area contributed by atoms with E-state index in [2.05, 4.69) is 11.8 Å². The van der Waals surface area contributed by atoms with Gasteiger partial charge in [0.1, 0.15) is 11.4 Å². The van der Waals surface area contributed by atoms with Gasteiger partial charge in [-0.3, -0.25) is 0 Å². The van der Waals surface area contributed by atoms with Crippen LogP contribution in [0.4, 0.5) is 0 Å². The minimum absolute atomic E-state index is 0.423. The third-order valence-electron chi connectivity index (χ3n) is 2.93. The summed E-state index contributed by atoms with van der Waals surface area (Å²) in [4.78, 5) is 0. The summed E-state index contributed by atoms with van der Waals surface area (Å²) in [6.45, 7) is 0. The molecule has 0 aliphatic heterocycles. The first-order valence-corrected chi connectivity index (χ1v) is 5.66. The molecule has 3 nitrogen and oxygen atoms in total. The average molecular weight is 220 g/mol. The second-order valence-electron chi connectivity index (χ2n) is 4.28. The van der Waals surface area contributed by atoms with E-state index >= 15 is 0 Å². The Kier molecular flexibility index (Phi) is 3.33. The highest BCUT2D eigenvalue weighted by Crippen LogP contribution is 2.27. The molecular weight excluding hydrogens is 204 g/mol. The van der Waals surface area contributed by atoms with Crippen LogP contribution < -0.4 is 0 Å². The van der Waals surface area contributed by atoms with Crippen molar-refractivity contribution >= 4 is 0 Å². The van der Waals surface area contributed by atoms with Gasteiger partial charge >= 0.3 is 0 Å². The average Bonchev–Trinajstić information content (AvgIpc) is 2.80. The van der Waals surface area contributed by atoms with Crippen LogP contribution >= 0.6 is 0 Å². The Morgan fingerprint density at radius 2 is 2.06 bits per heavy atom. The van der Waals surface area contributed by atoms with Crippen molar-refractivity contribution in [1.29, 1.82) is 0 Å². The fourth-order valence-corrected chi connectivity index (χ4v) is 1.98. The van der Waals surface area contributed by atoms with E-state index in [1.54, 1.807) is 12.1 Å². The van der Waals surface area contributed by atoms with E-state index in [0.717, 1.165) is 19.3 Å². The molecular formula is C13H16O3. The van der Waals surface area contributed by atoms with Crippen LogP contribution in [0.25, 0.3) is 0 Å². The van der Waals surface area contributed by atoms with Crippen molar-refractivity contribution in [3.63, 3.8) is 0 Å². The lowest BCUT2D eigenvalue weighted by molar-refractivity contribution is 0.0603. The lowest BCUT2D eigenvalue weighted by Crippen LogP contribution is -2.29. The molecule has 2 N–H and O–H groups in total. The Morgan fingerprint density at radius 1 is 1.31 bits per heavy atom. The third kappa shape index (κ3) is 2.66. The Labute approximate surface area is 95.1 Å². The number of aliphatic hydroxyl groups excluding tert-OH is 1. The van der Waals surface area contributed by atoms with Gasteiger partial charge in [-0.05, 0) is 37.8 Å². The minimum Gasteiger partial charge on any atom is -0.466 e. The topological polar surface area (TPSA) is 53.6 Å². The Morgan fingerprint density at radius 3 is 2.69 bits per heavy atom. The number of rotatable bonds is 1. The fraction of sp³-hybridized carbons (Fsp3) is 0.538. The molecule has 1 heterocycles. The van der Waals surface area contributed by atoms with Crippen molar-refractivity contribution in [2.24, 2.45) is 0 Å². The lowest BCUT2D eigenvalue weighted by atomic mass is 9.85. The Balaban J connectivity index is 2.03. The van der Waals surface area contributed by atoms with Gasteiger partial charge in [0.15, 0.2) is 6.10 Å². The van der Waals surface area contributed by atoms with Crippen LogP contribution in [0, 0.1) is 11.8 Å². The van der Waals surface area contributed by atoms with Gasteiger partial charge in [-0.25, -0.2) is 0 Å². The highest BCUT2D eigenvalue weighted by atomic mass is 16.4. The molecule has 16 heavy (non-hydrogen) atoms. The third-order valence-corrected chi connectivity index (χ3v) is 2.93. The van der Waals surface area contributed by atoms with E-state index in [-0.39, 0.29) is 0 Å². The van der Waals surface area contributed by atoms with Crippen molar-refractivity contribution in [2.75, 3.05) is 0 Å². The van der Waals surface area contributed by atoms with Crippen LogP contribution in [0.5, 0.6) is 0 Å². The van der Waals surface area contributed by atoms with Crippen LogP contribution in [0.15, 0.2) is 22.8 Å². The molecule has 1 unspecified atom stereocenters. The molecule has 1 fully saturated rings. The van der Waals surface area contributed by atoms with E-state index in [9.17, 15) is 10.2 Å². The molecule has 1 aliphatic carbocycles. The van der Waals surface area contributed by atoms with Gasteiger partial charge in [0.05, 0.1) is 6.26 Å². The maximum atomic E-state index is 10.1. The van der Waals surface area contributed by atoms with Crippen LogP contribution in [-0.4, -0.2) is 15.8 Å². The number of hydrogen-bond acceptors (Lipinski definition) is 3. The van der Waals surface area contributed by atoms with Crippen molar-refractivity contribution in [1.82, 2.24) is 0 Å². The molecule has 0 saturated heterocycles. The molecule has 0 amide bonds. The predicted molar refractivity (Wildman–Crippen MR) is 59.5 cm³/mol. The molecule has 2 rings (SSSR count). The molecule has 1 aromatic rings. The highest BCUT2D eigenvalue weighted by Gasteiger charge is 2.26. The van der Waals surface area contributed by atoms with Crippen LogP contribution in [0.1, 0.15) is 44.0 Å². The Bertz CT molecular complexity index is 377. The summed E-state index contributed by atoms with van der Waals surface area (Å²) in [5.41, 5.74) is -0.911. The van der Waals surface area contributed by atoms with E-state index in [1.165, 1.54) is 6.26 Å². The summed E-state index contributed by atoms with van der Waals surface area (Å²) in [6, 6.07) is 3.37. The quantitative estimate of drug-likeness (QED) is 0.712. The van der Waals surface area contributed by atoms with Crippen molar-refractivity contribution in [3.8, 4) is 11.8 Å². The number of hydrogen-bond donors (Lipinski definition) is 2. The summed E-state index contributed by atoms with van der Waals surface area (Å²) < 4.78 is 5.03. The van der Waals surface area contributed by atoms with E-state index in [1.807, 2.05) is 0 Å². The highest BCUT2D eigenvalue weighted by molar-refractivity contribution is 5.21. The summed E-state index contributed by atoms with van der Waals surface area (Å²) in [7, 11) is 0. The SMILES string of the molecule is OC(C#CC1(O)CCCCC1)c1ccco1. The van der Waals surface area contributed by atoms with Gasteiger partial charge in [0.25, 0.3) is 0 Å². The first-order valence-electron chi connectivity index (χ1n) is 5.66. The summed E-state index contributed by atoms with van der Waals surface area (Å²) in [5, 5.41) is 19.8. The van der Waals surface area contributed by atoms with Crippen molar-refractivity contribution in [3.05, 3.63) is 24.2 Å². The molecule has 1 saturated carbocycles. The van der Waals surface area contributed by atoms with E-state index in [0.29, 0.717) is 18.6 Å². The van der Waals surface area contributed by atoms with Gasteiger partial charge < -0.3 is 14.6 Å². The summed E-state index contributed by atoms with van der Waals surface area (Å²) >= 11 is 0. The molecule has 3 heteroatoms. The molecule has 86 valence electrons. The first kappa shape index (κ1) is 11.3. The summed E-state index contributed by atoms with van der Waals surface area (Å²) in [5.74, 6) is 5.86.